The first-order valence-electron chi connectivity index (χ1n) is 21.4. The molecule has 0 spiro atoms. The molecule has 0 radical (unpaired) electrons. The molecule has 4 fully saturated rings. The SMILES string of the molecule is COC(=O)C(Cc1ccc(F)cc1)N1CCC(CN2CCC(Oc3ccc(Cl)c(Cl)c3C)CC2)CC1.Cc1c(OC2CCN(CC3CC(O)C(O)C3)CC2)ccc(Cl)c1Cl. The molecule has 1 saturated carbocycles. The van der Waals surface area contributed by atoms with Gasteiger partial charge in [0, 0.05) is 50.4 Å². The Morgan fingerprint density at radius 3 is 1.58 bits per heavy atom. The zero-order valence-electron chi connectivity index (χ0n) is 34.9. The molecule has 3 saturated heterocycles. The minimum absolute atomic E-state index is 0.186. The van der Waals surface area contributed by atoms with Gasteiger partial charge in [-0.2, -0.15) is 0 Å². The van der Waals surface area contributed by atoms with Gasteiger partial charge in [-0.3, -0.25) is 9.69 Å². The molecular weight excluding hydrogens is 851 g/mol. The first kappa shape index (κ1) is 47.1. The monoisotopic (exact) mass is 909 g/mol. The van der Waals surface area contributed by atoms with E-state index in [9.17, 15) is 19.4 Å². The highest BCUT2D eigenvalue weighted by Crippen LogP contribution is 2.36. The van der Waals surface area contributed by atoms with Crippen molar-refractivity contribution >= 4 is 52.4 Å². The number of likely N-dealkylation sites (tertiary alicyclic amines) is 3. The van der Waals surface area contributed by atoms with Crippen LogP contribution in [0.1, 0.15) is 68.1 Å². The van der Waals surface area contributed by atoms with Crippen molar-refractivity contribution in [3.8, 4) is 11.5 Å². The summed E-state index contributed by atoms with van der Waals surface area (Å²) in [6.45, 7) is 11.6. The summed E-state index contributed by atoms with van der Waals surface area (Å²) in [6.07, 6.45) is 7.25. The van der Waals surface area contributed by atoms with Crippen LogP contribution in [0.3, 0.4) is 0 Å². The van der Waals surface area contributed by atoms with E-state index in [4.69, 9.17) is 60.6 Å². The van der Waals surface area contributed by atoms with Crippen molar-refractivity contribution in [3.05, 3.63) is 91.1 Å². The highest BCUT2D eigenvalue weighted by atomic mass is 35.5. The number of rotatable bonds is 12. The van der Waals surface area contributed by atoms with E-state index in [2.05, 4.69) is 14.7 Å². The van der Waals surface area contributed by atoms with Gasteiger partial charge in [0.05, 0.1) is 39.4 Å². The standard InChI is InChI=1S/C28H35Cl2FN2O3.C18H25Cl2NO3/c1-19-26(8-7-24(29)27(19)30)36-23-11-13-32(14-12-23)18-21-9-15-33(16-10-21)25(28(34)35-2)17-20-3-5-22(31)6-4-20;1-11-17(3-2-14(19)18(11)20)24-13-4-6-21(7-5-13)10-12-8-15(22)16(23)9-12/h3-8,21,23,25H,9-18H2,1-2H3;2-3,12-13,15-16,22-23H,4-10H2,1H3. The number of methoxy groups -OCH3 is 1. The maximum absolute atomic E-state index is 13.3. The van der Waals surface area contributed by atoms with Gasteiger partial charge < -0.3 is 34.2 Å². The Labute approximate surface area is 374 Å². The number of hydrogen-bond donors (Lipinski definition) is 2. The molecule has 60 heavy (non-hydrogen) atoms. The van der Waals surface area contributed by atoms with Gasteiger partial charge in [-0.15, -0.1) is 0 Å². The molecule has 3 aromatic rings. The lowest BCUT2D eigenvalue weighted by atomic mass is 9.93. The lowest BCUT2D eigenvalue weighted by molar-refractivity contribution is -0.147. The number of esters is 1. The smallest absolute Gasteiger partial charge is 0.323 e. The van der Waals surface area contributed by atoms with Gasteiger partial charge in [0.25, 0.3) is 0 Å². The topological polar surface area (TPSA) is 94.9 Å². The van der Waals surface area contributed by atoms with Crippen molar-refractivity contribution in [3.63, 3.8) is 0 Å². The molecule has 4 aliphatic rings. The third-order valence-electron chi connectivity index (χ3n) is 12.8. The fourth-order valence-corrected chi connectivity index (χ4v) is 9.79. The summed E-state index contributed by atoms with van der Waals surface area (Å²) in [7, 11) is 1.43. The minimum Gasteiger partial charge on any atom is -0.490 e. The quantitative estimate of drug-likeness (QED) is 0.173. The van der Waals surface area contributed by atoms with Crippen LogP contribution in [-0.2, 0) is 16.0 Å². The van der Waals surface area contributed by atoms with Crippen molar-refractivity contribution in [2.24, 2.45) is 11.8 Å². The van der Waals surface area contributed by atoms with Crippen molar-refractivity contribution in [1.82, 2.24) is 14.7 Å². The molecule has 2 N–H and O–H groups in total. The molecule has 3 aliphatic heterocycles. The number of aliphatic hydroxyl groups excluding tert-OH is 2. The van der Waals surface area contributed by atoms with Crippen LogP contribution in [0.25, 0.3) is 0 Å². The third kappa shape index (κ3) is 12.9. The average Bonchev–Trinajstić information content (AvgIpc) is 3.57. The molecule has 3 atom stereocenters. The van der Waals surface area contributed by atoms with Gasteiger partial charge in [-0.25, -0.2) is 4.39 Å². The van der Waals surface area contributed by atoms with Gasteiger partial charge in [0.15, 0.2) is 0 Å². The van der Waals surface area contributed by atoms with E-state index in [1.165, 1.54) is 19.2 Å². The maximum Gasteiger partial charge on any atom is 0.323 e. The number of carbonyl (C=O) groups excluding carboxylic acids is 1. The van der Waals surface area contributed by atoms with Crippen LogP contribution in [0.15, 0.2) is 48.5 Å². The van der Waals surface area contributed by atoms with Crippen molar-refractivity contribution in [2.75, 3.05) is 59.5 Å². The Morgan fingerprint density at radius 1 is 0.683 bits per heavy atom. The van der Waals surface area contributed by atoms with Gasteiger partial charge in [-0.1, -0.05) is 58.5 Å². The summed E-state index contributed by atoms with van der Waals surface area (Å²) >= 11 is 24.6. The first-order valence-corrected chi connectivity index (χ1v) is 22.9. The predicted molar refractivity (Wildman–Crippen MR) is 238 cm³/mol. The van der Waals surface area contributed by atoms with Crippen LogP contribution < -0.4 is 9.47 Å². The van der Waals surface area contributed by atoms with Gasteiger partial charge >= 0.3 is 5.97 Å². The summed E-state index contributed by atoms with van der Waals surface area (Å²) in [5.74, 6) is 2.14. The van der Waals surface area contributed by atoms with Crippen LogP contribution in [0.5, 0.6) is 11.5 Å². The Morgan fingerprint density at radius 2 is 1.13 bits per heavy atom. The predicted octanol–water partition coefficient (Wildman–Crippen LogP) is 9.06. The third-order valence-corrected chi connectivity index (χ3v) is 14.6. The largest absolute Gasteiger partial charge is 0.490 e. The maximum atomic E-state index is 13.3. The molecule has 9 nitrogen and oxygen atoms in total. The van der Waals surface area contributed by atoms with E-state index in [1.807, 2.05) is 26.0 Å². The second kappa shape index (κ2) is 22.3. The van der Waals surface area contributed by atoms with E-state index < -0.39 is 12.2 Å². The molecular formula is C46H60Cl4FN3O6. The summed E-state index contributed by atoms with van der Waals surface area (Å²) in [6, 6.07) is 13.4. The van der Waals surface area contributed by atoms with Gasteiger partial charge in [-0.05, 0) is 139 Å². The fourth-order valence-electron chi connectivity index (χ4n) is 9.06. The van der Waals surface area contributed by atoms with E-state index >= 15 is 0 Å². The van der Waals surface area contributed by atoms with E-state index in [-0.39, 0.29) is 30.0 Å². The summed E-state index contributed by atoms with van der Waals surface area (Å²) in [4.78, 5) is 19.7. The highest BCUT2D eigenvalue weighted by molar-refractivity contribution is 6.43. The van der Waals surface area contributed by atoms with Crippen molar-refractivity contribution < 1.29 is 33.6 Å². The van der Waals surface area contributed by atoms with Gasteiger partial charge in [0.2, 0.25) is 0 Å². The zero-order chi connectivity index (χ0) is 42.9. The van der Waals surface area contributed by atoms with Crippen molar-refractivity contribution in [2.45, 2.75) is 102 Å². The Bertz CT molecular complexity index is 1840. The van der Waals surface area contributed by atoms with Crippen LogP contribution in [-0.4, -0.2) is 121 Å². The number of carbonyl (C=O) groups is 1. The van der Waals surface area contributed by atoms with Crippen LogP contribution >= 0.6 is 46.4 Å². The number of benzene rings is 3. The molecule has 1 aliphatic carbocycles. The number of piperidine rings is 3. The Hall–Kier alpha value is -2.38. The number of hydrogen-bond acceptors (Lipinski definition) is 9. The molecule has 3 aromatic carbocycles. The molecule has 0 amide bonds. The Balaban J connectivity index is 0.000000218. The molecule has 0 bridgehead atoms. The second-order valence-electron chi connectivity index (χ2n) is 17.0. The van der Waals surface area contributed by atoms with Crippen molar-refractivity contribution in [1.29, 1.82) is 0 Å². The lowest BCUT2D eigenvalue weighted by Gasteiger charge is -2.39. The molecule has 14 heteroatoms. The molecule has 330 valence electrons. The second-order valence-corrected chi connectivity index (χ2v) is 18.6. The molecule has 3 unspecified atom stereocenters. The van der Waals surface area contributed by atoms with Crippen LogP contribution in [0.4, 0.5) is 4.39 Å². The number of aliphatic hydroxyl groups is 2. The number of ether oxygens (including phenoxy) is 3. The average molecular weight is 912 g/mol. The minimum atomic E-state index is -0.548. The number of nitrogens with zero attached hydrogens (tertiary/aromatic N) is 3. The summed E-state index contributed by atoms with van der Waals surface area (Å²) < 4.78 is 30.7. The van der Waals surface area contributed by atoms with E-state index in [0.717, 1.165) is 119 Å². The first-order chi connectivity index (χ1) is 28.8. The Kier molecular flexibility index (Phi) is 17.5. The fraction of sp³-hybridized carbons (Fsp3) is 0.587. The van der Waals surface area contributed by atoms with E-state index in [1.54, 1.807) is 24.3 Å². The van der Waals surface area contributed by atoms with Crippen LogP contribution in [0, 0.1) is 31.5 Å². The number of halogens is 5. The molecule has 7 rings (SSSR count). The van der Waals surface area contributed by atoms with Gasteiger partial charge in [0.1, 0.15) is 35.6 Å². The molecule has 3 heterocycles. The van der Waals surface area contributed by atoms with Crippen LogP contribution in [0.2, 0.25) is 20.1 Å². The summed E-state index contributed by atoms with van der Waals surface area (Å²) in [5.41, 5.74) is 2.72. The molecule has 0 aromatic heterocycles. The van der Waals surface area contributed by atoms with E-state index in [0.29, 0.717) is 51.2 Å². The lowest BCUT2D eigenvalue weighted by Crippen LogP contribution is -2.49. The highest BCUT2D eigenvalue weighted by Gasteiger charge is 2.34. The normalized spacial score (nSPS) is 23.2. The summed E-state index contributed by atoms with van der Waals surface area (Å²) in [5, 5.41) is 21.6. The zero-order valence-corrected chi connectivity index (χ0v) is 38.0.